The lowest BCUT2D eigenvalue weighted by Crippen LogP contribution is -2.51. The Morgan fingerprint density at radius 2 is 1.56 bits per heavy atom. The Morgan fingerprint density at radius 3 is 2.32 bits per heavy atom. The zero-order valence-corrected chi connectivity index (χ0v) is 22.7. The van der Waals surface area contributed by atoms with E-state index in [2.05, 4.69) is 11.4 Å². The van der Waals surface area contributed by atoms with E-state index in [9.17, 15) is 14.4 Å². The van der Waals surface area contributed by atoms with Crippen LogP contribution in [-0.4, -0.2) is 36.7 Å². The van der Waals surface area contributed by atoms with Crippen LogP contribution < -0.4 is 15.0 Å². The number of carbonyl (C=O) groups excluding carboxylic acids is 3. The highest BCUT2D eigenvalue weighted by Crippen LogP contribution is 2.58. The highest BCUT2D eigenvalue weighted by molar-refractivity contribution is 6.18. The topological polar surface area (TPSA) is 75.7 Å². The minimum atomic E-state index is -1.33. The van der Waals surface area contributed by atoms with Crippen LogP contribution in [0.25, 0.3) is 6.08 Å². The number of hydrogen-bond donors (Lipinski definition) is 1. The molecule has 6 heteroatoms. The van der Waals surface area contributed by atoms with E-state index in [-0.39, 0.29) is 17.5 Å². The molecule has 0 bridgehead atoms. The summed E-state index contributed by atoms with van der Waals surface area (Å²) in [7, 11) is 1.57. The Morgan fingerprint density at radius 1 is 0.854 bits per heavy atom. The second kappa shape index (κ2) is 9.30. The van der Waals surface area contributed by atoms with Gasteiger partial charge in [0.2, 0.25) is 5.91 Å². The Balaban J connectivity index is 1.52. The molecule has 3 heterocycles. The van der Waals surface area contributed by atoms with Crippen molar-refractivity contribution < 1.29 is 19.1 Å². The van der Waals surface area contributed by atoms with E-state index < -0.39 is 23.4 Å². The lowest BCUT2D eigenvalue weighted by atomic mass is 9.64. The number of Topliss-reactive ketones (excluding diaryl/α,β-unsaturated/α-hetero) is 2. The van der Waals surface area contributed by atoms with Crippen molar-refractivity contribution in [3.8, 4) is 5.75 Å². The molecule has 41 heavy (non-hydrogen) atoms. The molecule has 6 nitrogen and oxygen atoms in total. The van der Waals surface area contributed by atoms with Crippen molar-refractivity contribution in [2.45, 2.75) is 24.4 Å². The number of fused-ring (bicyclic) bond motifs is 6. The summed E-state index contributed by atoms with van der Waals surface area (Å²) < 4.78 is 5.33. The fourth-order valence-electron chi connectivity index (χ4n) is 7.01. The van der Waals surface area contributed by atoms with Crippen LogP contribution in [0.5, 0.6) is 5.75 Å². The van der Waals surface area contributed by atoms with Gasteiger partial charge in [0.15, 0.2) is 11.6 Å². The number of amides is 1. The number of rotatable bonds is 5. The van der Waals surface area contributed by atoms with Crippen LogP contribution in [0.15, 0.2) is 103 Å². The van der Waals surface area contributed by atoms with Crippen LogP contribution in [0.1, 0.15) is 37.4 Å². The van der Waals surface area contributed by atoms with Crippen LogP contribution in [0, 0.1) is 12.8 Å². The molecule has 0 aliphatic carbocycles. The van der Waals surface area contributed by atoms with E-state index in [0.29, 0.717) is 22.6 Å². The molecule has 1 saturated heterocycles. The highest BCUT2D eigenvalue weighted by Gasteiger charge is 2.70. The second-order valence-electron chi connectivity index (χ2n) is 10.9. The van der Waals surface area contributed by atoms with E-state index in [1.54, 1.807) is 43.5 Å². The van der Waals surface area contributed by atoms with Gasteiger partial charge in [0.1, 0.15) is 17.2 Å². The average molecular weight is 541 g/mol. The van der Waals surface area contributed by atoms with Crippen LogP contribution in [0.2, 0.25) is 0 Å². The van der Waals surface area contributed by atoms with Crippen molar-refractivity contribution in [1.29, 1.82) is 0 Å². The molecule has 3 aliphatic rings. The first kappa shape index (κ1) is 25.0. The smallest absolute Gasteiger partial charge is 0.238 e. The number of ketones is 2. The third kappa shape index (κ3) is 3.53. The molecule has 0 aromatic heterocycles. The van der Waals surface area contributed by atoms with Crippen molar-refractivity contribution in [1.82, 2.24) is 0 Å². The molecule has 7 rings (SSSR count). The van der Waals surface area contributed by atoms with Gasteiger partial charge in [-0.25, -0.2) is 0 Å². The van der Waals surface area contributed by atoms with Crippen LogP contribution in [0.4, 0.5) is 11.4 Å². The zero-order chi connectivity index (χ0) is 28.3. The SMILES string of the molecule is COc1ccc(C(=O)[C@@H]2[C@@H](C(=O)c3ccccc3)N3c4ccc(C)cc4C=C[C@H]3[C@]23C(=O)Nc2ccccc23)cc1. The predicted molar refractivity (Wildman–Crippen MR) is 159 cm³/mol. The lowest BCUT2D eigenvalue weighted by molar-refractivity contribution is -0.121. The van der Waals surface area contributed by atoms with Crippen molar-refractivity contribution in [2.75, 3.05) is 17.3 Å². The summed E-state index contributed by atoms with van der Waals surface area (Å²) in [6.07, 6.45) is 4.01. The standard InChI is InChI=1S/C35H28N2O4/c1-21-12-18-28-24(20-21)15-19-29-35(26-10-6-7-11-27(26)36-34(35)40)30(32(38)23-13-16-25(41-2)17-14-23)31(37(28)29)33(39)22-8-4-3-5-9-22/h3-20,29-31H,1-2H3,(H,36,40)/t29-,30-,31-,35-/m0/s1. The van der Waals surface area contributed by atoms with Gasteiger partial charge in [-0.1, -0.05) is 72.3 Å². The third-order valence-electron chi connectivity index (χ3n) is 8.77. The van der Waals surface area contributed by atoms with Crippen molar-refractivity contribution >= 4 is 34.9 Å². The number of benzene rings is 4. The molecule has 0 saturated carbocycles. The van der Waals surface area contributed by atoms with Gasteiger partial charge in [0, 0.05) is 22.5 Å². The first-order valence-electron chi connectivity index (χ1n) is 13.7. The summed E-state index contributed by atoms with van der Waals surface area (Å²) in [5.41, 5.74) is 3.85. The fraction of sp³-hybridized carbons (Fsp3) is 0.171. The van der Waals surface area contributed by atoms with Crippen molar-refractivity contribution in [3.63, 3.8) is 0 Å². The number of anilines is 2. The summed E-state index contributed by atoms with van der Waals surface area (Å²) >= 11 is 0. The molecule has 0 radical (unpaired) electrons. The van der Waals surface area contributed by atoms with Gasteiger partial charge in [0.25, 0.3) is 0 Å². The lowest BCUT2D eigenvalue weighted by Gasteiger charge is -2.37. The third-order valence-corrected chi connectivity index (χ3v) is 8.77. The van der Waals surface area contributed by atoms with Gasteiger partial charge < -0.3 is 15.0 Å². The van der Waals surface area contributed by atoms with Crippen LogP contribution in [-0.2, 0) is 10.2 Å². The minimum absolute atomic E-state index is 0.196. The molecule has 1 fully saturated rings. The van der Waals surface area contributed by atoms with E-state index in [0.717, 1.165) is 22.4 Å². The molecular weight excluding hydrogens is 512 g/mol. The Bertz CT molecular complexity index is 1740. The zero-order valence-electron chi connectivity index (χ0n) is 22.7. The van der Waals surface area contributed by atoms with E-state index in [1.165, 1.54) is 0 Å². The summed E-state index contributed by atoms with van der Waals surface area (Å²) in [6.45, 7) is 2.02. The summed E-state index contributed by atoms with van der Waals surface area (Å²) in [5.74, 6) is -1.12. The maximum atomic E-state index is 14.8. The van der Waals surface area contributed by atoms with Gasteiger partial charge in [0.05, 0.1) is 19.1 Å². The van der Waals surface area contributed by atoms with Crippen molar-refractivity contribution in [3.05, 3.63) is 131 Å². The highest BCUT2D eigenvalue weighted by atomic mass is 16.5. The first-order valence-corrected chi connectivity index (χ1v) is 13.7. The van der Waals surface area contributed by atoms with Crippen LogP contribution >= 0.6 is 0 Å². The number of nitrogens with one attached hydrogen (secondary N) is 1. The number of ether oxygens (including phenoxy) is 1. The quantitative estimate of drug-likeness (QED) is 0.321. The maximum absolute atomic E-state index is 14.8. The molecule has 1 spiro atoms. The molecule has 1 N–H and O–H groups in total. The van der Waals surface area contributed by atoms with Gasteiger partial charge in [-0.05, 0) is 60.5 Å². The summed E-state index contributed by atoms with van der Waals surface area (Å²) in [6, 6.07) is 28.0. The number of methoxy groups -OCH3 is 1. The summed E-state index contributed by atoms with van der Waals surface area (Å²) in [4.78, 5) is 45.8. The number of aryl methyl sites for hydroxylation is 1. The van der Waals surface area contributed by atoms with Crippen molar-refractivity contribution in [2.24, 2.45) is 5.92 Å². The number of nitrogens with zero attached hydrogens (tertiary/aromatic N) is 1. The number of carbonyl (C=O) groups is 3. The number of para-hydroxylation sites is 1. The molecule has 202 valence electrons. The molecule has 4 atom stereocenters. The largest absolute Gasteiger partial charge is 0.497 e. The van der Waals surface area contributed by atoms with E-state index >= 15 is 0 Å². The Kier molecular flexibility index (Phi) is 5.68. The van der Waals surface area contributed by atoms with Gasteiger partial charge in [-0.15, -0.1) is 0 Å². The minimum Gasteiger partial charge on any atom is -0.497 e. The van der Waals surface area contributed by atoms with Gasteiger partial charge >= 0.3 is 0 Å². The normalized spacial score (nSPS) is 23.5. The Hall–Kier alpha value is -4.97. The van der Waals surface area contributed by atoms with Crippen LogP contribution in [0.3, 0.4) is 0 Å². The molecule has 1 amide bonds. The maximum Gasteiger partial charge on any atom is 0.238 e. The fourth-order valence-corrected chi connectivity index (χ4v) is 7.01. The predicted octanol–water partition coefficient (Wildman–Crippen LogP) is 5.86. The second-order valence-corrected chi connectivity index (χ2v) is 10.9. The molecule has 4 aromatic rings. The number of hydrogen-bond acceptors (Lipinski definition) is 5. The average Bonchev–Trinajstić information content (AvgIpc) is 3.49. The van der Waals surface area contributed by atoms with E-state index in [1.807, 2.05) is 78.6 Å². The molecule has 0 unspecified atom stereocenters. The van der Waals surface area contributed by atoms with Gasteiger partial charge in [-0.2, -0.15) is 0 Å². The molecular formula is C35H28N2O4. The molecule has 4 aromatic carbocycles. The van der Waals surface area contributed by atoms with Gasteiger partial charge in [-0.3, -0.25) is 14.4 Å². The summed E-state index contributed by atoms with van der Waals surface area (Å²) in [5, 5.41) is 3.07. The monoisotopic (exact) mass is 540 g/mol. The Labute approximate surface area is 238 Å². The molecule has 3 aliphatic heterocycles. The van der Waals surface area contributed by atoms with E-state index in [4.69, 9.17) is 4.74 Å². The first-order chi connectivity index (χ1) is 19.9.